The molecule has 2 aromatic heterocycles. The van der Waals surface area contributed by atoms with Crippen LogP contribution in [0, 0.1) is 5.82 Å². The molecule has 4 rings (SSSR count). The van der Waals surface area contributed by atoms with Gasteiger partial charge < -0.3 is 5.32 Å². The zero-order chi connectivity index (χ0) is 21.5. The van der Waals surface area contributed by atoms with Crippen LogP contribution in [-0.4, -0.2) is 37.4 Å². The summed E-state index contributed by atoms with van der Waals surface area (Å²) in [5, 5.41) is 11.8. The molecule has 31 heavy (non-hydrogen) atoms. The van der Waals surface area contributed by atoms with Gasteiger partial charge in [-0.3, -0.25) is 4.79 Å². The highest BCUT2D eigenvalue weighted by Crippen LogP contribution is 2.22. The average Bonchev–Trinajstić information content (AvgIpc) is 3.24. The number of nitrogens with zero attached hydrogens (tertiary/aromatic N) is 5. The fourth-order valence-electron chi connectivity index (χ4n) is 2.93. The van der Waals surface area contributed by atoms with Gasteiger partial charge in [0, 0.05) is 24.7 Å². The van der Waals surface area contributed by atoms with Gasteiger partial charge >= 0.3 is 0 Å². The van der Waals surface area contributed by atoms with Gasteiger partial charge in [0.1, 0.15) is 5.82 Å². The Labute approximate surface area is 182 Å². The quantitative estimate of drug-likeness (QED) is 0.338. The summed E-state index contributed by atoms with van der Waals surface area (Å²) in [6, 6.07) is 17.5. The van der Waals surface area contributed by atoms with E-state index >= 15 is 0 Å². The normalized spacial score (nSPS) is 10.7. The smallest absolute Gasteiger partial charge is 0.273 e. The van der Waals surface area contributed by atoms with E-state index in [-0.39, 0.29) is 17.4 Å². The van der Waals surface area contributed by atoms with E-state index in [4.69, 9.17) is 0 Å². The van der Waals surface area contributed by atoms with Crippen LogP contribution in [0.1, 0.15) is 21.7 Å². The third kappa shape index (κ3) is 5.32. The number of hydrogen-bond acceptors (Lipinski definition) is 6. The van der Waals surface area contributed by atoms with Crippen LogP contribution in [0.3, 0.4) is 0 Å². The van der Waals surface area contributed by atoms with Crippen LogP contribution in [-0.2, 0) is 12.2 Å². The second kappa shape index (κ2) is 9.94. The number of carbonyl (C=O) groups excluding carboxylic acids is 1. The van der Waals surface area contributed by atoms with E-state index in [1.54, 1.807) is 35.3 Å². The molecule has 9 heteroatoms. The summed E-state index contributed by atoms with van der Waals surface area (Å²) in [6.45, 7) is 0.400. The lowest BCUT2D eigenvalue weighted by atomic mass is 10.1. The minimum atomic E-state index is -0.311. The SMILES string of the molecule is O=C(NCCc1ccc(F)cc1)c1nnn(-c2ccccc2)c1CSc1ncccn1. The maximum Gasteiger partial charge on any atom is 0.273 e. The second-order valence-electron chi connectivity index (χ2n) is 6.58. The van der Waals surface area contributed by atoms with Gasteiger partial charge in [0.05, 0.1) is 11.4 Å². The van der Waals surface area contributed by atoms with Gasteiger partial charge in [0.2, 0.25) is 0 Å². The van der Waals surface area contributed by atoms with E-state index in [0.29, 0.717) is 29.6 Å². The fourth-order valence-corrected chi connectivity index (χ4v) is 3.73. The first-order valence-corrected chi connectivity index (χ1v) is 10.6. The minimum absolute atomic E-state index is 0.256. The summed E-state index contributed by atoms with van der Waals surface area (Å²) >= 11 is 1.40. The third-order valence-corrected chi connectivity index (χ3v) is 5.36. The Morgan fingerprint density at radius 2 is 1.74 bits per heavy atom. The largest absolute Gasteiger partial charge is 0.350 e. The number of aromatic nitrogens is 5. The van der Waals surface area contributed by atoms with E-state index in [0.717, 1.165) is 11.3 Å². The molecule has 0 saturated heterocycles. The Morgan fingerprint density at radius 3 is 2.48 bits per heavy atom. The minimum Gasteiger partial charge on any atom is -0.350 e. The third-order valence-electron chi connectivity index (χ3n) is 4.47. The van der Waals surface area contributed by atoms with Gasteiger partial charge in [-0.15, -0.1) is 5.10 Å². The Kier molecular flexibility index (Phi) is 6.63. The van der Waals surface area contributed by atoms with E-state index in [1.165, 1.54) is 23.9 Å². The first kappa shape index (κ1) is 20.7. The van der Waals surface area contributed by atoms with Crippen LogP contribution >= 0.6 is 11.8 Å². The topological polar surface area (TPSA) is 85.6 Å². The molecule has 4 aromatic rings. The van der Waals surface area contributed by atoms with Crippen LogP contribution in [0.25, 0.3) is 5.69 Å². The van der Waals surface area contributed by atoms with Crippen molar-refractivity contribution in [2.75, 3.05) is 6.54 Å². The second-order valence-corrected chi connectivity index (χ2v) is 7.53. The van der Waals surface area contributed by atoms with Crippen molar-refractivity contribution in [1.82, 2.24) is 30.3 Å². The predicted octanol–water partition coefficient (Wildman–Crippen LogP) is 3.46. The van der Waals surface area contributed by atoms with E-state index in [1.807, 2.05) is 30.3 Å². The molecule has 156 valence electrons. The molecule has 0 atom stereocenters. The van der Waals surface area contributed by atoms with Crippen molar-refractivity contribution < 1.29 is 9.18 Å². The van der Waals surface area contributed by atoms with Gasteiger partial charge in [-0.05, 0) is 42.3 Å². The van der Waals surface area contributed by atoms with Crippen LogP contribution in [0.4, 0.5) is 4.39 Å². The Morgan fingerprint density at radius 1 is 1.00 bits per heavy atom. The number of benzene rings is 2. The number of para-hydroxylation sites is 1. The molecule has 0 unspecified atom stereocenters. The number of carbonyl (C=O) groups is 1. The van der Waals surface area contributed by atoms with E-state index in [2.05, 4.69) is 25.6 Å². The van der Waals surface area contributed by atoms with E-state index < -0.39 is 0 Å². The van der Waals surface area contributed by atoms with Crippen molar-refractivity contribution in [2.45, 2.75) is 17.3 Å². The molecule has 0 aliphatic rings. The van der Waals surface area contributed by atoms with Crippen LogP contribution in [0.15, 0.2) is 78.2 Å². The Balaban J connectivity index is 1.50. The molecule has 0 aliphatic heterocycles. The molecule has 1 N–H and O–H groups in total. The lowest BCUT2D eigenvalue weighted by Crippen LogP contribution is -2.27. The molecule has 0 radical (unpaired) electrons. The molecule has 1 amide bonds. The molecule has 2 heterocycles. The standard InChI is InChI=1S/C22H19FN6OS/c23-17-9-7-16(8-10-17)11-14-24-21(30)20-19(15-31-22-25-12-4-13-26-22)29(28-27-20)18-5-2-1-3-6-18/h1-10,12-13H,11,14-15H2,(H,24,30). The van der Waals surface area contributed by atoms with Crippen LogP contribution in [0.2, 0.25) is 0 Å². The molecule has 2 aromatic carbocycles. The van der Waals surface area contributed by atoms with Gasteiger partial charge in [-0.1, -0.05) is 47.3 Å². The molecule has 0 saturated carbocycles. The Hall–Kier alpha value is -3.59. The number of thioether (sulfide) groups is 1. The van der Waals surface area contributed by atoms with Gasteiger partial charge in [-0.2, -0.15) is 0 Å². The number of amides is 1. The Bertz CT molecular complexity index is 1140. The lowest BCUT2D eigenvalue weighted by molar-refractivity contribution is 0.0948. The maximum atomic E-state index is 13.0. The van der Waals surface area contributed by atoms with Gasteiger partial charge in [0.15, 0.2) is 10.9 Å². The summed E-state index contributed by atoms with van der Waals surface area (Å²) in [6.07, 6.45) is 3.93. The number of hydrogen-bond donors (Lipinski definition) is 1. The molecule has 7 nitrogen and oxygen atoms in total. The monoisotopic (exact) mass is 434 g/mol. The van der Waals surface area contributed by atoms with Crippen molar-refractivity contribution in [2.24, 2.45) is 0 Å². The fraction of sp³-hybridized carbons (Fsp3) is 0.136. The summed E-state index contributed by atoms with van der Waals surface area (Å²) in [7, 11) is 0. The van der Waals surface area contributed by atoms with Crippen molar-refractivity contribution in [3.05, 3.63) is 95.8 Å². The number of halogens is 1. The van der Waals surface area contributed by atoms with E-state index in [9.17, 15) is 9.18 Å². The van der Waals surface area contributed by atoms with Crippen molar-refractivity contribution >= 4 is 17.7 Å². The van der Waals surface area contributed by atoms with Gasteiger partial charge in [0.25, 0.3) is 5.91 Å². The first-order chi connectivity index (χ1) is 15.2. The lowest BCUT2D eigenvalue weighted by Gasteiger charge is -2.08. The average molecular weight is 435 g/mol. The highest BCUT2D eigenvalue weighted by Gasteiger charge is 2.21. The van der Waals surface area contributed by atoms with Crippen LogP contribution < -0.4 is 5.32 Å². The first-order valence-electron chi connectivity index (χ1n) is 9.63. The molecule has 0 aliphatic carbocycles. The summed E-state index contributed by atoms with van der Waals surface area (Å²) in [5.74, 6) is -0.171. The maximum absolute atomic E-state index is 13.0. The zero-order valence-electron chi connectivity index (χ0n) is 16.5. The molecule has 0 spiro atoms. The molecular weight excluding hydrogens is 415 g/mol. The van der Waals surface area contributed by atoms with Crippen LogP contribution in [0.5, 0.6) is 0 Å². The molecular formula is C22H19FN6OS. The number of nitrogens with one attached hydrogen (secondary N) is 1. The zero-order valence-corrected chi connectivity index (χ0v) is 17.3. The summed E-state index contributed by atoms with van der Waals surface area (Å²) in [4.78, 5) is 21.3. The van der Waals surface area contributed by atoms with Crippen molar-refractivity contribution in [1.29, 1.82) is 0 Å². The number of rotatable bonds is 8. The summed E-state index contributed by atoms with van der Waals surface area (Å²) in [5.41, 5.74) is 2.66. The van der Waals surface area contributed by atoms with Crippen molar-refractivity contribution in [3.8, 4) is 5.69 Å². The molecule has 0 bridgehead atoms. The van der Waals surface area contributed by atoms with Crippen molar-refractivity contribution in [3.63, 3.8) is 0 Å². The molecule has 0 fully saturated rings. The summed E-state index contributed by atoms with van der Waals surface area (Å²) < 4.78 is 14.7. The predicted molar refractivity (Wildman–Crippen MR) is 115 cm³/mol. The highest BCUT2D eigenvalue weighted by atomic mass is 32.2. The van der Waals surface area contributed by atoms with Gasteiger partial charge in [-0.25, -0.2) is 19.0 Å². The highest BCUT2D eigenvalue weighted by molar-refractivity contribution is 7.98.